The van der Waals surface area contributed by atoms with Crippen molar-refractivity contribution in [3.05, 3.63) is 65.4 Å². The fourth-order valence-electron chi connectivity index (χ4n) is 4.17. The lowest BCUT2D eigenvalue weighted by Crippen LogP contribution is -2.17. The average Bonchev–Trinajstić information content (AvgIpc) is 2.70. The number of aromatic hydroxyl groups is 1. The van der Waals surface area contributed by atoms with E-state index in [4.69, 9.17) is 9.97 Å². The Hall–Kier alpha value is -2.94. The normalized spacial score (nSPS) is 13.1. The molecule has 2 aromatic heterocycles. The number of hydrogen-bond acceptors (Lipinski definition) is 3. The fraction of sp³-hybridized carbons (Fsp3) is 0.400. The van der Waals surface area contributed by atoms with Crippen LogP contribution in [0.25, 0.3) is 33.1 Å². The van der Waals surface area contributed by atoms with Crippen molar-refractivity contribution in [2.24, 2.45) is 0 Å². The molecule has 0 spiro atoms. The molecule has 2 aromatic carbocycles. The largest absolute Gasteiger partial charge is 0.507 e. The molecule has 0 fully saturated rings. The van der Waals surface area contributed by atoms with Gasteiger partial charge in [0.15, 0.2) is 0 Å². The van der Waals surface area contributed by atoms with Crippen molar-refractivity contribution in [1.82, 2.24) is 9.97 Å². The van der Waals surface area contributed by atoms with Crippen molar-refractivity contribution in [2.45, 2.75) is 78.6 Å². The molecule has 0 saturated heterocycles. The van der Waals surface area contributed by atoms with Crippen LogP contribution in [0.4, 0.5) is 0 Å². The molecule has 3 nitrogen and oxygen atoms in total. The Morgan fingerprint density at radius 1 is 0.606 bits per heavy atom. The molecule has 2 heterocycles. The first-order valence-corrected chi connectivity index (χ1v) is 11.8. The van der Waals surface area contributed by atoms with Gasteiger partial charge in [0, 0.05) is 33.0 Å². The van der Waals surface area contributed by atoms with Gasteiger partial charge in [-0.15, -0.1) is 0 Å². The third kappa shape index (κ3) is 4.34. The third-order valence-electron chi connectivity index (χ3n) is 6.35. The predicted molar refractivity (Wildman–Crippen MR) is 140 cm³/mol. The second-order valence-electron chi connectivity index (χ2n) is 12.3. The van der Waals surface area contributed by atoms with Crippen LogP contribution in [0, 0.1) is 0 Å². The molecule has 0 amide bonds. The minimum Gasteiger partial charge on any atom is -0.507 e. The number of fused-ring (bicyclic) bond motifs is 3. The molecular formula is C30H36N2O. The maximum atomic E-state index is 11.3. The summed E-state index contributed by atoms with van der Waals surface area (Å²) in [4.78, 5) is 10.1. The Bertz CT molecular complexity index is 1360. The van der Waals surface area contributed by atoms with Gasteiger partial charge in [0.2, 0.25) is 0 Å². The Labute approximate surface area is 197 Å². The van der Waals surface area contributed by atoms with Crippen molar-refractivity contribution >= 4 is 21.8 Å². The SMILES string of the molecule is CC(C)(C)c1cc(-c2ccc3ccc4ccc(C(C)(C)C)nc4c3n2)c(O)c(C(C)(C)C)c1. The van der Waals surface area contributed by atoms with Gasteiger partial charge in [0.25, 0.3) is 0 Å². The second-order valence-corrected chi connectivity index (χ2v) is 12.3. The first-order valence-electron chi connectivity index (χ1n) is 11.8. The van der Waals surface area contributed by atoms with Crippen molar-refractivity contribution < 1.29 is 5.11 Å². The van der Waals surface area contributed by atoms with Gasteiger partial charge >= 0.3 is 0 Å². The van der Waals surface area contributed by atoms with Crippen LogP contribution in [0.2, 0.25) is 0 Å². The van der Waals surface area contributed by atoms with E-state index in [0.29, 0.717) is 5.75 Å². The van der Waals surface area contributed by atoms with Crippen LogP contribution in [0.15, 0.2) is 48.5 Å². The molecule has 33 heavy (non-hydrogen) atoms. The van der Waals surface area contributed by atoms with Gasteiger partial charge < -0.3 is 5.11 Å². The van der Waals surface area contributed by atoms with Gasteiger partial charge in [-0.25, -0.2) is 9.97 Å². The van der Waals surface area contributed by atoms with E-state index in [0.717, 1.165) is 44.3 Å². The molecule has 0 aliphatic carbocycles. The standard InChI is InChI=1S/C30H36N2O/c1-28(2,3)20-16-21(27(33)22(17-20)29(4,5)6)23-14-12-18-10-11-19-13-15-24(30(7,8)9)32-26(19)25(18)31-23/h10-17,33H,1-9H3. The van der Waals surface area contributed by atoms with Crippen LogP contribution < -0.4 is 0 Å². The lowest BCUT2D eigenvalue weighted by atomic mass is 9.78. The monoisotopic (exact) mass is 440 g/mol. The van der Waals surface area contributed by atoms with Crippen molar-refractivity contribution in [1.29, 1.82) is 0 Å². The van der Waals surface area contributed by atoms with Gasteiger partial charge in [0.05, 0.1) is 16.7 Å². The summed E-state index contributed by atoms with van der Waals surface area (Å²) in [6.07, 6.45) is 0. The maximum Gasteiger partial charge on any atom is 0.128 e. The minimum absolute atomic E-state index is 0.0465. The van der Waals surface area contributed by atoms with Gasteiger partial charge in [-0.2, -0.15) is 0 Å². The van der Waals surface area contributed by atoms with Gasteiger partial charge in [-0.3, -0.25) is 0 Å². The number of phenolic OH excluding ortho intramolecular Hbond substituents is 1. The van der Waals surface area contributed by atoms with E-state index in [1.54, 1.807) is 0 Å². The summed E-state index contributed by atoms with van der Waals surface area (Å²) in [6, 6.07) is 16.8. The highest BCUT2D eigenvalue weighted by Gasteiger charge is 2.26. The number of nitrogens with zero attached hydrogens (tertiary/aromatic N) is 2. The molecule has 0 aliphatic heterocycles. The highest BCUT2D eigenvalue weighted by molar-refractivity contribution is 6.03. The van der Waals surface area contributed by atoms with Gasteiger partial charge in [0.1, 0.15) is 5.75 Å². The molecule has 1 N–H and O–H groups in total. The van der Waals surface area contributed by atoms with E-state index in [-0.39, 0.29) is 16.2 Å². The summed E-state index contributed by atoms with van der Waals surface area (Å²) >= 11 is 0. The average molecular weight is 441 g/mol. The summed E-state index contributed by atoms with van der Waals surface area (Å²) in [5, 5.41) is 13.5. The number of hydrogen-bond donors (Lipinski definition) is 1. The summed E-state index contributed by atoms with van der Waals surface area (Å²) < 4.78 is 0. The zero-order chi connectivity index (χ0) is 24.3. The number of pyridine rings is 2. The molecule has 172 valence electrons. The highest BCUT2D eigenvalue weighted by Crippen LogP contribution is 2.42. The first-order chi connectivity index (χ1) is 15.2. The molecule has 0 bridgehead atoms. The van der Waals surface area contributed by atoms with Crippen LogP contribution in [-0.4, -0.2) is 15.1 Å². The van der Waals surface area contributed by atoms with E-state index < -0.39 is 0 Å². The topological polar surface area (TPSA) is 46.0 Å². The second kappa shape index (κ2) is 7.55. The molecule has 0 unspecified atom stereocenters. The van der Waals surface area contributed by atoms with Crippen LogP contribution in [-0.2, 0) is 16.2 Å². The van der Waals surface area contributed by atoms with Gasteiger partial charge in [-0.05, 0) is 34.6 Å². The summed E-state index contributed by atoms with van der Waals surface area (Å²) in [6.45, 7) is 19.5. The molecule has 0 radical (unpaired) electrons. The van der Waals surface area contributed by atoms with Gasteiger partial charge in [-0.1, -0.05) is 92.6 Å². The van der Waals surface area contributed by atoms with Crippen molar-refractivity contribution in [3.8, 4) is 17.0 Å². The van der Waals surface area contributed by atoms with E-state index in [2.05, 4.69) is 105 Å². The van der Waals surface area contributed by atoms with E-state index >= 15 is 0 Å². The lowest BCUT2D eigenvalue weighted by Gasteiger charge is -2.27. The predicted octanol–water partition coefficient (Wildman–Crippen LogP) is 8.05. The number of aromatic nitrogens is 2. The maximum absolute atomic E-state index is 11.3. The molecule has 4 aromatic rings. The van der Waals surface area contributed by atoms with E-state index in [9.17, 15) is 5.11 Å². The Balaban J connectivity index is 2.03. The number of phenols is 1. The Morgan fingerprint density at radius 3 is 1.70 bits per heavy atom. The van der Waals surface area contributed by atoms with Crippen LogP contribution in [0.1, 0.15) is 79.1 Å². The molecule has 0 atom stereocenters. The molecule has 4 rings (SSSR count). The summed E-state index contributed by atoms with van der Waals surface area (Å²) in [7, 11) is 0. The quantitative estimate of drug-likeness (QED) is 0.305. The zero-order valence-electron chi connectivity index (χ0n) is 21.5. The zero-order valence-corrected chi connectivity index (χ0v) is 21.5. The number of benzene rings is 2. The minimum atomic E-state index is -0.188. The van der Waals surface area contributed by atoms with E-state index in [1.807, 2.05) is 6.07 Å². The first kappa shape index (κ1) is 23.2. The third-order valence-corrected chi connectivity index (χ3v) is 6.35. The lowest BCUT2D eigenvalue weighted by molar-refractivity contribution is 0.446. The molecular weight excluding hydrogens is 404 g/mol. The molecule has 3 heteroatoms. The van der Waals surface area contributed by atoms with Crippen LogP contribution in [0.5, 0.6) is 5.75 Å². The van der Waals surface area contributed by atoms with Crippen LogP contribution in [0.3, 0.4) is 0 Å². The summed E-state index contributed by atoms with van der Waals surface area (Å²) in [5.41, 5.74) is 6.22. The van der Waals surface area contributed by atoms with E-state index in [1.165, 1.54) is 5.56 Å². The molecule has 0 aliphatic rings. The van der Waals surface area contributed by atoms with Crippen molar-refractivity contribution in [2.75, 3.05) is 0 Å². The van der Waals surface area contributed by atoms with Crippen LogP contribution >= 0.6 is 0 Å². The Morgan fingerprint density at radius 2 is 1.15 bits per heavy atom. The summed E-state index contributed by atoms with van der Waals surface area (Å²) in [5.74, 6) is 0.311. The highest BCUT2D eigenvalue weighted by atomic mass is 16.3. The number of rotatable bonds is 1. The van der Waals surface area contributed by atoms with Crippen molar-refractivity contribution in [3.63, 3.8) is 0 Å². The fourth-order valence-corrected chi connectivity index (χ4v) is 4.17. The molecule has 0 saturated carbocycles. The smallest absolute Gasteiger partial charge is 0.128 e. The Kier molecular flexibility index (Phi) is 5.31.